The van der Waals surface area contributed by atoms with Crippen molar-refractivity contribution in [1.82, 2.24) is 5.32 Å². The second-order valence-electron chi connectivity index (χ2n) is 8.25. The van der Waals surface area contributed by atoms with Crippen molar-refractivity contribution < 1.29 is 14.9 Å². The monoisotopic (exact) mass is 394 g/mol. The fraction of sp³-hybridized carbons (Fsp3) is 0.417. The minimum Gasteiger partial charge on any atom is -0.339 e. The molecule has 0 fully saturated rings. The standard InChI is InChI=1S/C24H31N3O2/c1-4-17-9-11-20(12-10-17)26-24(29)22(13-16(2)3)27-23(28)21-14-18-7-5-6-8-19(18)15-25-21/h5-12,16,21-22,25H,4,13-15H2,1-3H3,(H,26,29)(H,27,28)/p+1/t21-,22-/m0/s1. The molecule has 0 aliphatic carbocycles. The van der Waals surface area contributed by atoms with Crippen LogP contribution in [0.15, 0.2) is 48.5 Å². The smallest absolute Gasteiger partial charge is 0.279 e. The van der Waals surface area contributed by atoms with Crippen molar-refractivity contribution in [2.45, 2.75) is 58.7 Å². The molecule has 0 saturated carbocycles. The van der Waals surface area contributed by atoms with Gasteiger partial charge in [0, 0.05) is 17.7 Å². The van der Waals surface area contributed by atoms with Crippen LogP contribution in [0.25, 0.3) is 0 Å². The number of nitrogens with two attached hydrogens (primary N) is 1. The van der Waals surface area contributed by atoms with Gasteiger partial charge in [-0.2, -0.15) is 0 Å². The Balaban J connectivity index is 1.64. The SMILES string of the molecule is CCc1ccc(NC(=O)[C@H](CC(C)C)NC(=O)[C@@H]2Cc3ccccc3C[NH2+]2)cc1. The highest BCUT2D eigenvalue weighted by atomic mass is 16.2. The van der Waals surface area contributed by atoms with Crippen molar-refractivity contribution in [3.8, 4) is 0 Å². The number of carbonyl (C=O) groups excluding carboxylic acids is 2. The first-order valence-corrected chi connectivity index (χ1v) is 10.6. The molecule has 0 radical (unpaired) electrons. The summed E-state index contributed by atoms with van der Waals surface area (Å²) in [6, 6.07) is 15.4. The topological polar surface area (TPSA) is 74.8 Å². The summed E-state index contributed by atoms with van der Waals surface area (Å²) < 4.78 is 0. The van der Waals surface area contributed by atoms with Gasteiger partial charge in [0.15, 0.2) is 6.04 Å². The summed E-state index contributed by atoms with van der Waals surface area (Å²) in [6.45, 7) is 7.01. The molecule has 5 heteroatoms. The Morgan fingerprint density at radius 2 is 1.76 bits per heavy atom. The van der Waals surface area contributed by atoms with E-state index in [0.717, 1.165) is 18.7 Å². The minimum absolute atomic E-state index is 0.0679. The maximum atomic E-state index is 12.9. The number of nitrogens with one attached hydrogen (secondary N) is 2. The quantitative estimate of drug-likeness (QED) is 0.675. The van der Waals surface area contributed by atoms with Gasteiger partial charge in [-0.15, -0.1) is 0 Å². The maximum absolute atomic E-state index is 12.9. The van der Waals surface area contributed by atoms with Crippen molar-refractivity contribution in [1.29, 1.82) is 0 Å². The largest absolute Gasteiger partial charge is 0.339 e. The second-order valence-corrected chi connectivity index (χ2v) is 8.25. The summed E-state index contributed by atoms with van der Waals surface area (Å²) in [5, 5.41) is 8.03. The number of aryl methyl sites for hydroxylation is 1. The number of rotatable bonds is 7. The normalized spacial score (nSPS) is 16.8. The summed E-state index contributed by atoms with van der Waals surface area (Å²) in [6.07, 6.45) is 2.26. The van der Waals surface area contributed by atoms with Gasteiger partial charge in [-0.1, -0.05) is 57.2 Å². The fourth-order valence-corrected chi connectivity index (χ4v) is 3.78. The van der Waals surface area contributed by atoms with E-state index in [2.05, 4.69) is 48.9 Å². The highest BCUT2D eigenvalue weighted by molar-refractivity contribution is 5.97. The van der Waals surface area contributed by atoms with Gasteiger partial charge in [0.1, 0.15) is 12.6 Å². The van der Waals surface area contributed by atoms with E-state index < -0.39 is 6.04 Å². The van der Waals surface area contributed by atoms with Crippen molar-refractivity contribution in [3.05, 3.63) is 65.2 Å². The van der Waals surface area contributed by atoms with E-state index in [0.29, 0.717) is 18.8 Å². The van der Waals surface area contributed by atoms with E-state index in [-0.39, 0.29) is 17.9 Å². The number of anilines is 1. The van der Waals surface area contributed by atoms with Gasteiger partial charge in [-0.05, 0) is 42.0 Å². The van der Waals surface area contributed by atoms with Crippen LogP contribution >= 0.6 is 0 Å². The number of benzene rings is 2. The molecule has 0 saturated heterocycles. The number of hydrogen-bond acceptors (Lipinski definition) is 2. The summed E-state index contributed by atoms with van der Waals surface area (Å²) >= 11 is 0. The molecule has 154 valence electrons. The highest BCUT2D eigenvalue weighted by Crippen LogP contribution is 2.15. The number of carbonyl (C=O) groups is 2. The zero-order valence-electron chi connectivity index (χ0n) is 17.6. The Bertz CT molecular complexity index is 845. The van der Waals surface area contributed by atoms with Crippen LogP contribution in [0.4, 0.5) is 5.69 Å². The highest BCUT2D eigenvalue weighted by Gasteiger charge is 2.31. The van der Waals surface area contributed by atoms with E-state index in [1.54, 1.807) is 0 Å². The average Bonchev–Trinajstić information content (AvgIpc) is 2.73. The Labute approximate surface area is 173 Å². The maximum Gasteiger partial charge on any atom is 0.279 e. The van der Waals surface area contributed by atoms with Gasteiger partial charge in [0.05, 0.1) is 0 Å². The third kappa shape index (κ3) is 5.67. The zero-order chi connectivity index (χ0) is 20.8. The van der Waals surface area contributed by atoms with Crippen LogP contribution in [-0.4, -0.2) is 23.9 Å². The molecule has 2 aromatic carbocycles. The van der Waals surface area contributed by atoms with Crippen LogP contribution < -0.4 is 16.0 Å². The van der Waals surface area contributed by atoms with Crippen LogP contribution in [0.3, 0.4) is 0 Å². The van der Waals surface area contributed by atoms with Gasteiger partial charge in [0.2, 0.25) is 5.91 Å². The molecule has 0 aromatic heterocycles. The molecule has 1 heterocycles. The minimum atomic E-state index is -0.543. The summed E-state index contributed by atoms with van der Waals surface area (Å²) in [5.74, 6) is 0.0683. The lowest BCUT2D eigenvalue weighted by Gasteiger charge is -2.25. The fourth-order valence-electron chi connectivity index (χ4n) is 3.78. The lowest BCUT2D eigenvalue weighted by atomic mass is 9.95. The molecule has 0 bridgehead atoms. The van der Waals surface area contributed by atoms with E-state index in [9.17, 15) is 9.59 Å². The molecule has 1 aliphatic rings. The lowest BCUT2D eigenvalue weighted by Crippen LogP contribution is -2.93. The molecule has 5 nitrogen and oxygen atoms in total. The molecule has 2 atom stereocenters. The summed E-state index contributed by atoms with van der Waals surface area (Å²) in [4.78, 5) is 25.8. The first-order valence-electron chi connectivity index (χ1n) is 10.6. The average molecular weight is 395 g/mol. The molecular formula is C24H32N3O2+. The van der Waals surface area contributed by atoms with Crippen LogP contribution in [0.5, 0.6) is 0 Å². The van der Waals surface area contributed by atoms with Crippen LogP contribution in [0.1, 0.15) is 43.9 Å². The van der Waals surface area contributed by atoms with E-state index in [1.165, 1.54) is 16.7 Å². The van der Waals surface area contributed by atoms with Gasteiger partial charge in [0.25, 0.3) is 5.91 Å². The molecule has 3 rings (SSSR count). The van der Waals surface area contributed by atoms with E-state index in [4.69, 9.17) is 0 Å². The Morgan fingerprint density at radius 3 is 2.41 bits per heavy atom. The molecule has 0 unspecified atom stereocenters. The Hall–Kier alpha value is -2.66. The number of fused-ring (bicyclic) bond motifs is 1. The van der Waals surface area contributed by atoms with Crippen LogP contribution in [0.2, 0.25) is 0 Å². The van der Waals surface area contributed by atoms with Gasteiger partial charge >= 0.3 is 0 Å². The molecule has 0 spiro atoms. The van der Waals surface area contributed by atoms with Crippen molar-refractivity contribution in [3.63, 3.8) is 0 Å². The van der Waals surface area contributed by atoms with Gasteiger partial charge in [-0.25, -0.2) is 0 Å². The predicted molar refractivity (Wildman–Crippen MR) is 115 cm³/mol. The molecule has 4 N–H and O–H groups in total. The number of quaternary nitrogens is 1. The van der Waals surface area contributed by atoms with Crippen molar-refractivity contribution in [2.24, 2.45) is 5.92 Å². The number of hydrogen-bond donors (Lipinski definition) is 3. The molecule has 1 aliphatic heterocycles. The third-order valence-corrected chi connectivity index (χ3v) is 5.49. The zero-order valence-corrected chi connectivity index (χ0v) is 17.6. The van der Waals surface area contributed by atoms with Gasteiger partial charge < -0.3 is 16.0 Å². The third-order valence-electron chi connectivity index (χ3n) is 5.49. The van der Waals surface area contributed by atoms with Crippen molar-refractivity contribution >= 4 is 17.5 Å². The molecule has 29 heavy (non-hydrogen) atoms. The Kier molecular flexibility index (Phi) is 7.04. The van der Waals surface area contributed by atoms with E-state index in [1.807, 2.05) is 36.4 Å². The summed E-state index contributed by atoms with van der Waals surface area (Å²) in [7, 11) is 0. The lowest BCUT2D eigenvalue weighted by molar-refractivity contribution is -0.695. The molecular weight excluding hydrogens is 362 g/mol. The summed E-state index contributed by atoms with van der Waals surface area (Å²) in [5.41, 5.74) is 4.48. The Morgan fingerprint density at radius 1 is 1.07 bits per heavy atom. The predicted octanol–water partition coefficient (Wildman–Crippen LogP) is 2.41. The van der Waals surface area contributed by atoms with Crippen LogP contribution in [0, 0.1) is 5.92 Å². The molecule has 2 amide bonds. The number of amides is 2. The van der Waals surface area contributed by atoms with Gasteiger partial charge in [-0.3, -0.25) is 9.59 Å². The first-order chi connectivity index (χ1) is 14.0. The molecule has 2 aromatic rings. The van der Waals surface area contributed by atoms with Crippen molar-refractivity contribution in [2.75, 3.05) is 5.32 Å². The second kappa shape index (κ2) is 9.70. The van der Waals surface area contributed by atoms with Crippen LogP contribution in [-0.2, 0) is 29.0 Å². The van der Waals surface area contributed by atoms with E-state index >= 15 is 0 Å². The first kappa shape index (κ1) is 21.1.